The Balaban J connectivity index is 0.990. The van der Waals surface area contributed by atoms with E-state index in [1.54, 1.807) is 0 Å². The lowest BCUT2D eigenvalue weighted by atomic mass is 9.82. The highest BCUT2D eigenvalue weighted by molar-refractivity contribution is 6.09. The summed E-state index contributed by atoms with van der Waals surface area (Å²) in [5.74, 6) is 0. The van der Waals surface area contributed by atoms with Gasteiger partial charge in [-0.15, -0.1) is 0 Å². The molecule has 0 fully saturated rings. The number of nitrogens with zero attached hydrogens (tertiary/aromatic N) is 2. The van der Waals surface area contributed by atoms with Crippen LogP contribution in [0.2, 0.25) is 0 Å². The predicted molar refractivity (Wildman–Crippen MR) is 251 cm³/mol. The van der Waals surface area contributed by atoms with Gasteiger partial charge in [0.25, 0.3) is 0 Å². The maximum absolute atomic E-state index is 3.89. The van der Waals surface area contributed by atoms with E-state index in [1.807, 2.05) is 6.08 Å². The maximum atomic E-state index is 3.89. The molecule has 1 aromatic heterocycles. The fourth-order valence-electron chi connectivity index (χ4n) is 9.49. The van der Waals surface area contributed by atoms with E-state index in [0.29, 0.717) is 0 Å². The summed E-state index contributed by atoms with van der Waals surface area (Å²) in [4.78, 5) is 2.44. The number of hydrogen-bond acceptors (Lipinski definition) is 1. The van der Waals surface area contributed by atoms with Gasteiger partial charge >= 0.3 is 0 Å². The molecule has 0 N–H and O–H groups in total. The number of aromatic nitrogens is 1. The van der Waals surface area contributed by atoms with Gasteiger partial charge < -0.3 is 9.47 Å². The molecule has 59 heavy (non-hydrogen) atoms. The first-order chi connectivity index (χ1) is 29.0. The highest BCUT2D eigenvalue weighted by Crippen LogP contribution is 2.52. The van der Waals surface area contributed by atoms with E-state index >= 15 is 0 Å². The number of para-hydroxylation sites is 2. The molecule has 0 amide bonds. The van der Waals surface area contributed by atoms with Crippen molar-refractivity contribution in [2.24, 2.45) is 0 Å². The molecule has 1 aliphatic rings. The summed E-state index contributed by atoms with van der Waals surface area (Å²) < 4.78 is 2.43. The summed E-state index contributed by atoms with van der Waals surface area (Å²) in [5, 5.41) is 4.99. The zero-order chi connectivity index (χ0) is 39.7. The lowest BCUT2D eigenvalue weighted by molar-refractivity contribution is 0.660. The third-order valence-corrected chi connectivity index (χ3v) is 12.6. The fourth-order valence-corrected chi connectivity index (χ4v) is 9.49. The lowest BCUT2D eigenvalue weighted by Crippen LogP contribution is -2.17. The van der Waals surface area contributed by atoms with Crippen molar-refractivity contribution in [2.75, 3.05) is 4.90 Å². The van der Waals surface area contributed by atoms with E-state index in [-0.39, 0.29) is 5.41 Å². The number of fused-ring (bicyclic) bond motifs is 7. The first-order valence-electron chi connectivity index (χ1n) is 20.5. The molecule has 0 saturated heterocycles. The van der Waals surface area contributed by atoms with Crippen molar-refractivity contribution in [3.63, 3.8) is 0 Å². The minimum Gasteiger partial charge on any atom is -0.310 e. The van der Waals surface area contributed by atoms with Crippen molar-refractivity contribution in [3.05, 3.63) is 223 Å². The van der Waals surface area contributed by atoms with Crippen molar-refractivity contribution in [1.29, 1.82) is 0 Å². The molecule has 0 spiro atoms. The molecule has 11 rings (SSSR count). The van der Waals surface area contributed by atoms with Crippen LogP contribution in [0.25, 0.3) is 77.7 Å². The van der Waals surface area contributed by atoms with Gasteiger partial charge in [-0.3, -0.25) is 0 Å². The van der Waals surface area contributed by atoms with E-state index in [1.165, 1.54) is 82.8 Å². The number of benzene rings is 9. The van der Waals surface area contributed by atoms with Crippen LogP contribution < -0.4 is 4.90 Å². The average molecular weight is 755 g/mol. The standard InChI is InChI=1S/C57H42N2/c1-4-38-20-22-39(23-21-38)40-24-26-41(27-25-40)42-28-30-44(31-29-42)58(54-19-11-13-43-12-5-6-14-47(43)54)45-32-34-48-49-35-33-46(37-53(49)57(2,3)52(48)36-45)59-55-17-9-7-15-50(55)51-16-8-10-18-56(51)59/h4-37H,1H2,2-3H3. The summed E-state index contributed by atoms with van der Waals surface area (Å²) in [7, 11) is 0. The van der Waals surface area contributed by atoms with Gasteiger partial charge in [-0.25, -0.2) is 0 Å². The van der Waals surface area contributed by atoms with Crippen LogP contribution in [0.3, 0.4) is 0 Å². The predicted octanol–water partition coefficient (Wildman–Crippen LogP) is 15.7. The molecule has 0 atom stereocenters. The van der Waals surface area contributed by atoms with Crippen LogP contribution >= 0.6 is 0 Å². The van der Waals surface area contributed by atoms with Crippen LogP contribution in [0.5, 0.6) is 0 Å². The Kier molecular flexibility index (Phi) is 8.03. The second-order valence-electron chi connectivity index (χ2n) is 16.2. The minimum atomic E-state index is -0.219. The molecule has 1 heterocycles. The Morgan fingerprint density at radius 3 is 1.58 bits per heavy atom. The molecule has 280 valence electrons. The molecule has 2 nitrogen and oxygen atoms in total. The zero-order valence-corrected chi connectivity index (χ0v) is 33.2. The second kappa shape index (κ2) is 13.6. The molecule has 0 saturated carbocycles. The molecule has 0 bridgehead atoms. The fraction of sp³-hybridized carbons (Fsp3) is 0.0526. The van der Waals surface area contributed by atoms with Crippen molar-refractivity contribution in [3.8, 4) is 39.1 Å². The molecule has 9 aromatic carbocycles. The van der Waals surface area contributed by atoms with Crippen molar-refractivity contribution < 1.29 is 0 Å². The number of rotatable bonds is 7. The number of anilines is 3. The number of hydrogen-bond donors (Lipinski definition) is 0. The first kappa shape index (κ1) is 34.8. The minimum absolute atomic E-state index is 0.219. The maximum Gasteiger partial charge on any atom is 0.0541 e. The van der Waals surface area contributed by atoms with Gasteiger partial charge in [0, 0.05) is 38.6 Å². The van der Waals surface area contributed by atoms with Gasteiger partial charge in [-0.1, -0.05) is 172 Å². The van der Waals surface area contributed by atoms with Crippen LogP contribution in [0, 0.1) is 0 Å². The molecular weight excluding hydrogens is 713 g/mol. The van der Waals surface area contributed by atoms with Gasteiger partial charge in [0.05, 0.1) is 16.7 Å². The van der Waals surface area contributed by atoms with Crippen LogP contribution in [-0.4, -0.2) is 4.57 Å². The highest BCUT2D eigenvalue weighted by atomic mass is 15.1. The SMILES string of the molecule is C=Cc1ccc(-c2ccc(-c3ccc(N(c4ccc5c(c4)C(C)(C)c4cc(-n6c7ccccc7c7ccccc76)ccc4-5)c4cccc5ccccc45)cc3)cc2)cc1. The summed E-state index contributed by atoms with van der Waals surface area (Å²) in [6.07, 6.45) is 1.88. The van der Waals surface area contributed by atoms with Gasteiger partial charge in [-0.05, 0) is 110 Å². The molecule has 0 aliphatic heterocycles. The summed E-state index contributed by atoms with van der Waals surface area (Å²) >= 11 is 0. The molecule has 10 aromatic rings. The van der Waals surface area contributed by atoms with Crippen LogP contribution in [0.4, 0.5) is 17.1 Å². The summed E-state index contributed by atoms with van der Waals surface area (Å²) in [5.41, 5.74) is 18.1. The topological polar surface area (TPSA) is 8.17 Å². The normalized spacial score (nSPS) is 12.8. The third-order valence-electron chi connectivity index (χ3n) is 12.6. The van der Waals surface area contributed by atoms with Gasteiger partial charge in [0.2, 0.25) is 0 Å². The van der Waals surface area contributed by atoms with Crippen LogP contribution in [0.1, 0.15) is 30.5 Å². The average Bonchev–Trinajstić information content (AvgIpc) is 3.74. The Labute approximate surface area is 345 Å². The largest absolute Gasteiger partial charge is 0.310 e. The first-order valence-corrected chi connectivity index (χ1v) is 20.5. The smallest absolute Gasteiger partial charge is 0.0541 e. The lowest BCUT2D eigenvalue weighted by Gasteiger charge is -2.29. The molecule has 2 heteroatoms. The molecule has 0 unspecified atom stereocenters. The quantitative estimate of drug-likeness (QED) is 0.157. The summed E-state index contributed by atoms with van der Waals surface area (Å²) in [6.45, 7) is 8.66. The zero-order valence-electron chi connectivity index (χ0n) is 33.2. The van der Waals surface area contributed by atoms with Crippen LogP contribution in [-0.2, 0) is 5.41 Å². The van der Waals surface area contributed by atoms with Gasteiger partial charge in [0.15, 0.2) is 0 Å². The van der Waals surface area contributed by atoms with E-state index in [2.05, 4.69) is 230 Å². The molecule has 1 aliphatic carbocycles. The van der Waals surface area contributed by atoms with Crippen molar-refractivity contribution in [2.45, 2.75) is 19.3 Å². The van der Waals surface area contributed by atoms with E-state index < -0.39 is 0 Å². The Hall–Kier alpha value is -7.42. The Morgan fingerprint density at radius 1 is 0.458 bits per heavy atom. The van der Waals surface area contributed by atoms with Crippen LogP contribution in [0.15, 0.2) is 207 Å². The van der Waals surface area contributed by atoms with E-state index in [4.69, 9.17) is 0 Å². The van der Waals surface area contributed by atoms with Crippen molar-refractivity contribution in [1.82, 2.24) is 4.57 Å². The molecular formula is C57H42N2. The molecule has 0 radical (unpaired) electrons. The monoisotopic (exact) mass is 754 g/mol. The van der Waals surface area contributed by atoms with Gasteiger partial charge in [-0.2, -0.15) is 0 Å². The van der Waals surface area contributed by atoms with E-state index in [0.717, 1.165) is 22.6 Å². The highest BCUT2D eigenvalue weighted by Gasteiger charge is 2.36. The second-order valence-corrected chi connectivity index (χ2v) is 16.2. The Morgan fingerprint density at radius 2 is 0.949 bits per heavy atom. The van der Waals surface area contributed by atoms with Crippen molar-refractivity contribution >= 4 is 55.7 Å². The Bertz CT molecular complexity index is 3180. The van der Waals surface area contributed by atoms with Gasteiger partial charge in [0.1, 0.15) is 0 Å². The summed E-state index contributed by atoms with van der Waals surface area (Å²) in [6, 6.07) is 73.5. The third kappa shape index (κ3) is 5.63. The van der Waals surface area contributed by atoms with E-state index in [9.17, 15) is 0 Å².